The Bertz CT molecular complexity index is 881. The molecule has 0 amide bonds. The van der Waals surface area contributed by atoms with Gasteiger partial charge in [0.05, 0.1) is 0 Å². The molecule has 0 spiro atoms. The molecule has 3 rings (SSSR count). The molecule has 0 atom stereocenters. The Balaban J connectivity index is 1.78. The number of methoxy groups -OCH3 is 1. The summed E-state index contributed by atoms with van der Waals surface area (Å²) in [6.45, 7) is 8.86. The molecule has 0 fully saturated rings. The molecule has 4 nitrogen and oxygen atoms in total. The summed E-state index contributed by atoms with van der Waals surface area (Å²) in [6.07, 6.45) is 7.01. The number of carbonyl (C=O) groups excluding carboxylic acids is 1. The van der Waals surface area contributed by atoms with Gasteiger partial charge in [-0.2, -0.15) is 0 Å². The van der Waals surface area contributed by atoms with Crippen LogP contribution in [0.15, 0.2) is 24.3 Å². The van der Waals surface area contributed by atoms with Crippen molar-refractivity contribution in [2.24, 2.45) is 0 Å². The van der Waals surface area contributed by atoms with Gasteiger partial charge in [0, 0.05) is 23.8 Å². The molecule has 1 aliphatic heterocycles. The number of unbranched alkanes of at least 4 members (excludes halogenated alkanes) is 1. The molecule has 1 aliphatic rings. The fourth-order valence-electron chi connectivity index (χ4n) is 4.28. The SMILES string of the molecule is COCOc1c(C)c(CCCCc2ccc(C=O)cc2)c2c(c1C)CCC(C)(C)O2. The lowest BCUT2D eigenvalue weighted by Gasteiger charge is -2.36. The van der Waals surface area contributed by atoms with Gasteiger partial charge in [-0.1, -0.05) is 24.3 Å². The van der Waals surface area contributed by atoms with Gasteiger partial charge in [-0.05, 0) is 82.9 Å². The highest BCUT2D eigenvalue weighted by Gasteiger charge is 2.32. The number of aldehydes is 1. The molecule has 0 bridgehead atoms. The van der Waals surface area contributed by atoms with Gasteiger partial charge in [0.2, 0.25) is 0 Å². The molecule has 2 aromatic carbocycles. The average Bonchev–Trinajstić information content (AvgIpc) is 2.72. The highest BCUT2D eigenvalue weighted by molar-refractivity contribution is 5.74. The topological polar surface area (TPSA) is 44.8 Å². The second-order valence-electron chi connectivity index (χ2n) is 8.84. The van der Waals surface area contributed by atoms with Crippen molar-refractivity contribution in [1.82, 2.24) is 0 Å². The average molecular weight is 411 g/mol. The van der Waals surface area contributed by atoms with Crippen molar-refractivity contribution >= 4 is 6.29 Å². The van der Waals surface area contributed by atoms with E-state index in [-0.39, 0.29) is 12.4 Å². The van der Waals surface area contributed by atoms with Crippen LogP contribution in [-0.4, -0.2) is 25.8 Å². The smallest absolute Gasteiger partial charge is 0.188 e. The molecule has 0 N–H and O–H groups in total. The Morgan fingerprint density at radius 3 is 2.43 bits per heavy atom. The maximum absolute atomic E-state index is 10.8. The Morgan fingerprint density at radius 2 is 1.77 bits per heavy atom. The maximum atomic E-state index is 10.8. The van der Waals surface area contributed by atoms with Crippen LogP contribution < -0.4 is 9.47 Å². The van der Waals surface area contributed by atoms with Crippen LogP contribution in [0.3, 0.4) is 0 Å². The van der Waals surface area contributed by atoms with Gasteiger partial charge < -0.3 is 14.2 Å². The van der Waals surface area contributed by atoms with Gasteiger partial charge in [0.15, 0.2) is 6.79 Å². The maximum Gasteiger partial charge on any atom is 0.188 e. The summed E-state index contributed by atoms with van der Waals surface area (Å²) in [6, 6.07) is 7.87. The number of rotatable bonds is 9. The third kappa shape index (κ3) is 5.04. The molecule has 0 saturated heterocycles. The monoisotopic (exact) mass is 410 g/mol. The van der Waals surface area contributed by atoms with Crippen LogP contribution in [0.4, 0.5) is 0 Å². The molecule has 2 aromatic rings. The van der Waals surface area contributed by atoms with E-state index in [0.717, 1.165) is 67.4 Å². The van der Waals surface area contributed by atoms with Crippen molar-refractivity contribution in [2.45, 2.75) is 71.8 Å². The molecule has 4 heteroatoms. The first kappa shape index (κ1) is 22.4. The number of hydrogen-bond acceptors (Lipinski definition) is 4. The van der Waals surface area contributed by atoms with Gasteiger partial charge in [-0.3, -0.25) is 4.79 Å². The summed E-state index contributed by atoms with van der Waals surface area (Å²) in [5.41, 5.74) is 6.74. The van der Waals surface area contributed by atoms with Crippen LogP contribution in [0.25, 0.3) is 0 Å². The van der Waals surface area contributed by atoms with Crippen molar-refractivity contribution in [3.05, 3.63) is 57.6 Å². The van der Waals surface area contributed by atoms with Crippen LogP contribution in [-0.2, 0) is 24.0 Å². The highest BCUT2D eigenvalue weighted by atomic mass is 16.7. The minimum atomic E-state index is -0.143. The number of hydrogen-bond donors (Lipinski definition) is 0. The summed E-state index contributed by atoms with van der Waals surface area (Å²) in [7, 11) is 1.65. The van der Waals surface area contributed by atoms with Crippen molar-refractivity contribution in [1.29, 1.82) is 0 Å². The van der Waals surface area contributed by atoms with Gasteiger partial charge >= 0.3 is 0 Å². The first-order valence-electron chi connectivity index (χ1n) is 10.9. The molecule has 0 radical (unpaired) electrons. The van der Waals surface area contributed by atoms with E-state index in [4.69, 9.17) is 14.2 Å². The molecular formula is C26H34O4. The fourth-order valence-corrected chi connectivity index (χ4v) is 4.28. The van der Waals surface area contributed by atoms with Crippen molar-refractivity contribution in [3.63, 3.8) is 0 Å². The third-order valence-corrected chi connectivity index (χ3v) is 6.07. The van der Waals surface area contributed by atoms with Gasteiger partial charge in [0.1, 0.15) is 23.4 Å². The van der Waals surface area contributed by atoms with Gasteiger partial charge in [-0.25, -0.2) is 0 Å². The van der Waals surface area contributed by atoms with Crippen LogP contribution in [0.2, 0.25) is 0 Å². The zero-order valence-corrected chi connectivity index (χ0v) is 19.0. The molecule has 0 aromatic heterocycles. The van der Waals surface area contributed by atoms with Crippen molar-refractivity contribution < 1.29 is 19.0 Å². The molecule has 0 aliphatic carbocycles. The van der Waals surface area contributed by atoms with E-state index in [2.05, 4.69) is 27.7 Å². The van der Waals surface area contributed by atoms with E-state index in [9.17, 15) is 4.79 Å². The second kappa shape index (κ2) is 9.65. The summed E-state index contributed by atoms with van der Waals surface area (Å²) < 4.78 is 17.6. The first-order chi connectivity index (χ1) is 14.4. The van der Waals surface area contributed by atoms with Gasteiger partial charge in [-0.15, -0.1) is 0 Å². The number of carbonyl (C=O) groups is 1. The molecule has 30 heavy (non-hydrogen) atoms. The summed E-state index contributed by atoms with van der Waals surface area (Å²) in [5, 5.41) is 0. The minimum Gasteiger partial charge on any atom is -0.487 e. The van der Waals surface area contributed by atoms with E-state index >= 15 is 0 Å². The lowest BCUT2D eigenvalue weighted by molar-refractivity contribution is 0.0490. The molecular weight excluding hydrogens is 376 g/mol. The normalized spacial score (nSPS) is 14.7. The predicted molar refractivity (Wildman–Crippen MR) is 120 cm³/mol. The Kier molecular flexibility index (Phi) is 7.19. The Hall–Kier alpha value is -2.33. The van der Waals surface area contributed by atoms with E-state index in [1.54, 1.807) is 7.11 Å². The molecule has 1 heterocycles. The molecule has 0 unspecified atom stereocenters. The van der Waals surface area contributed by atoms with Crippen LogP contribution in [0, 0.1) is 13.8 Å². The van der Waals surface area contributed by atoms with E-state index in [0.29, 0.717) is 0 Å². The fraction of sp³-hybridized carbons (Fsp3) is 0.500. The Labute approximate surface area is 180 Å². The number of fused-ring (bicyclic) bond motifs is 1. The van der Waals surface area contributed by atoms with Crippen LogP contribution in [0.1, 0.15) is 71.3 Å². The lowest BCUT2D eigenvalue weighted by Crippen LogP contribution is -2.34. The van der Waals surface area contributed by atoms with Crippen molar-refractivity contribution in [2.75, 3.05) is 13.9 Å². The first-order valence-corrected chi connectivity index (χ1v) is 10.9. The zero-order valence-electron chi connectivity index (χ0n) is 19.0. The van der Waals surface area contributed by atoms with E-state index in [1.165, 1.54) is 22.3 Å². The zero-order chi connectivity index (χ0) is 21.7. The number of benzene rings is 2. The quantitative estimate of drug-likeness (QED) is 0.299. The number of aryl methyl sites for hydroxylation is 1. The Morgan fingerprint density at radius 1 is 1.07 bits per heavy atom. The standard InChI is InChI=1S/C26H34O4/c1-18-22(9-7-6-8-20-10-12-21(16-27)13-11-20)25-23(14-15-26(3,4)30-25)19(2)24(18)29-17-28-5/h10-13,16H,6-9,14-15,17H2,1-5H3. The number of ether oxygens (including phenoxy) is 3. The minimum absolute atomic E-state index is 0.143. The third-order valence-electron chi connectivity index (χ3n) is 6.07. The predicted octanol–water partition coefficient (Wildman–Crippen LogP) is 5.77. The van der Waals surface area contributed by atoms with E-state index < -0.39 is 0 Å². The molecule has 162 valence electrons. The van der Waals surface area contributed by atoms with Crippen LogP contribution >= 0.6 is 0 Å². The van der Waals surface area contributed by atoms with Crippen LogP contribution in [0.5, 0.6) is 11.5 Å². The summed E-state index contributed by atoms with van der Waals surface area (Å²) >= 11 is 0. The summed E-state index contributed by atoms with van der Waals surface area (Å²) in [5.74, 6) is 2.01. The van der Waals surface area contributed by atoms with Crippen molar-refractivity contribution in [3.8, 4) is 11.5 Å². The van der Waals surface area contributed by atoms with Gasteiger partial charge in [0.25, 0.3) is 0 Å². The second-order valence-corrected chi connectivity index (χ2v) is 8.84. The largest absolute Gasteiger partial charge is 0.487 e. The lowest BCUT2D eigenvalue weighted by atomic mass is 9.86. The highest BCUT2D eigenvalue weighted by Crippen LogP contribution is 2.44. The van der Waals surface area contributed by atoms with E-state index in [1.807, 2.05) is 24.3 Å². The summed E-state index contributed by atoms with van der Waals surface area (Å²) in [4.78, 5) is 10.8. The molecule has 0 saturated carbocycles.